The minimum atomic E-state index is 0.303. The van der Waals surface area contributed by atoms with Crippen LogP contribution in [0.4, 0.5) is 0 Å². The first-order chi connectivity index (χ1) is 10.0. The first kappa shape index (κ1) is 15.9. The first-order valence-electron chi connectivity index (χ1n) is 6.06. The minimum absolute atomic E-state index is 0.303. The highest BCUT2D eigenvalue weighted by Gasteiger charge is 2.08. The summed E-state index contributed by atoms with van der Waals surface area (Å²) in [5.41, 5.74) is 7.23. The molecule has 0 saturated heterocycles. The summed E-state index contributed by atoms with van der Waals surface area (Å²) in [5, 5.41) is 0.995. The van der Waals surface area contributed by atoms with E-state index in [9.17, 15) is 0 Å². The van der Waals surface area contributed by atoms with Gasteiger partial charge in [-0.2, -0.15) is 0 Å². The largest absolute Gasteiger partial charge is 0.493 e. The van der Waals surface area contributed by atoms with E-state index >= 15 is 0 Å². The van der Waals surface area contributed by atoms with E-state index in [0.29, 0.717) is 33.1 Å². The third kappa shape index (κ3) is 4.00. The summed E-state index contributed by atoms with van der Waals surface area (Å²) in [4.78, 5) is 0.303. The van der Waals surface area contributed by atoms with Crippen LogP contribution in [0.3, 0.4) is 0 Å². The van der Waals surface area contributed by atoms with Crippen molar-refractivity contribution in [2.75, 3.05) is 7.11 Å². The van der Waals surface area contributed by atoms with Gasteiger partial charge in [0.25, 0.3) is 0 Å². The summed E-state index contributed by atoms with van der Waals surface area (Å²) in [5.74, 6) is 1.17. The van der Waals surface area contributed by atoms with Crippen LogP contribution in [0.1, 0.15) is 11.1 Å². The summed E-state index contributed by atoms with van der Waals surface area (Å²) in [6.45, 7) is 0.327. The maximum Gasteiger partial charge on any atom is 0.162 e. The van der Waals surface area contributed by atoms with Crippen LogP contribution in [-0.4, -0.2) is 12.1 Å². The second-order valence-corrected chi connectivity index (χ2v) is 5.52. The van der Waals surface area contributed by atoms with Gasteiger partial charge in [0.15, 0.2) is 11.5 Å². The molecular formula is C15H13Cl2NO2S. The van der Waals surface area contributed by atoms with Crippen molar-refractivity contribution in [3.63, 3.8) is 0 Å². The molecule has 2 aromatic carbocycles. The van der Waals surface area contributed by atoms with E-state index in [1.165, 1.54) is 0 Å². The number of hydrogen-bond donors (Lipinski definition) is 1. The molecule has 6 heteroatoms. The highest BCUT2D eigenvalue weighted by Crippen LogP contribution is 2.29. The molecule has 0 bridgehead atoms. The molecule has 0 atom stereocenters. The zero-order valence-electron chi connectivity index (χ0n) is 11.2. The van der Waals surface area contributed by atoms with Crippen LogP contribution in [-0.2, 0) is 6.61 Å². The molecule has 0 saturated carbocycles. The fourth-order valence-corrected chi connectivity index (χ4v) is 2.18. The molecule has 2 N–H and O–H groups in total. The van der Waals surface area contributed by atoms with E-state index in [0.717, 1.165) is 11.1 Å². The number of ether oxygens (including phenoxy) is 2. The van der Waals surface area contributed by atoms with Crippen molar-refractivity contribution in [3.8, 4) is 11.5 Å². The lowest BCUT2D eigenvalue weighted by molar-refractivity contribution is 0.284. The van der Waals surface area contributed by atoms with Crippen LogP contribution in [0.5, 0.6) is 11.5 Å². The minimum Gasteiger partial charge on any atom is -0.493 e. The number of hydrogen-bond acceptors (Lipinski definition) is 3. The van der Waals surface area contributed by atoms with Crippen molar-refractivity contribution in [3.05, 3.63) is 57.6 Å². The summed E-state index contributed by atoms with van der Waals surface area (Å²) < 4.78 is 11.0. The Hall–Kier alpha value is -1.49. The number of halogens is 2. The number of benzene rings is 2. The molecule has 110 valence electrons. The standard InChI is InChI=1S/C15H13Cl2NO2S/c1-19-13-5-3-10(15(18)21)7-14(13)20-8-9-2-4-11(16)12(17)6-9/h2-7H,8H2,1H3,(H2,18,21). The molecule has 0 fully saturated rings. The maximum absolute atomic E-state index is 5.98. The van der Waals surface area contributed by atoms with Gasteiger partial charge < -0.3 is 15.2 Å². The second-order valence-electron chi connectivity index (χ2n) is 4.27. The zero-order valence-corrected chi connectivity index (χ0v) is 13.6. The topological polar surface area (TPSA) is 44.5 Å². The fourth-order valence-electron chi connectivity index (χ4n) is 1.73. The fraction of sp³-hybridized carbons (Fsp3) is 0.133. The van der Waals surface area contributed by atoms with Crippen LogP contribution in [0, 0.1) is 0 Å². The van der Waals surface area contributed by atoms with Crippen LogP contribution in [0.2, 0.25) is 10.0 Å². The van der Waals surface area contributed by atoms with Gasteiger partial charge in [-0.15, -0.1) is 0 Å². The summed E-state index contributed by atoms with van der Waals surface area (Å²) >= 11 is 16.8. The lowest BCUT2D eigenvalue weighted by Crippen LogP contribution is -2.09. The van der Waals surface area contributed by atoms with Crippen molar-refractivity contribution in [2.24, 2.45) is 5.73 Å². The molecule has 0 heterocycles. The van der Waals surface area contributed by atoms with E-state index in [1.807, 2.05) is 6.07 Å². The van der Waals surface area contributed by atoms with Crippen molar-refractivity contribution >= 4 is 40.4 Å². The van der Waals surface area contributed by atoms with Crippen molar-refractivity contribution in [1.29, 1.82) is 0 Å². The molecule has 2 rings (SSSR count). The molecule has 0 aromatic heterocycles. The van der Waals surface area contributed by atoms with Gasteiger partial charge in [-0.25, -0.2) is 0 Å². The number of thiocarbonyl (C=S) groups is 1. The van der Waals surface area contributed by atoms with E-state index in [2.05, 4.69) is 0 Å². The van der Waals surface area contributed by atoms with Crippen LogP contribution >= 0.6 is 35.4 Å². The van der Waals surface area contributed by atoms with Gasteiger partial charge in [0.05, 0.1) is 17.2 Å². The molecule has 0 amide bonds. The molecular weight excluding hydrogens is 329 g/mol. The molecule has 21 heavy (non-hydrogen) atoms. The summed E-state index contributed by atoms with van der Waals surface area (Å²) in [6.07, 6.45) is 0. The Morgan fingerprint density at radius 1 is 1.10 bits per heavy atom. The van der Waals surface area contributed by atoms with Gasteiger partial charge in [-0.3, -0.25) is 0 Å². The SMILES string of the molecule is COc1ccc(C(N)=S)cc1OCc1ccc(Cl)c(Cl)c1. The van der Waals surface area contributed by atoms with Crippen molar-refractivity contribution in [1.82, 2.24) is 0 Å². The van der Waals surface area contributed by atoms with Gasteiger partial charge in [-0.05, 0) is 35.9 Å². The Morgan fingerprint density at radius 2 is 1.86 bits per heavy atom. The quantitative estimate of drug-likeness (QED) is 0.827. The molecule has 0 aliphatic heterocycles. The van der Waals surface area contributed by atoms with Gasteiger partial charge in [0.1, 0.15) is 11.6 Å². The second kappa shape index (κ2) is 6.98. The third-order valence-electron chi connectivity index (χ3n) is 2.83. The summed E-state index contributed by atoms with van der Waals surface area (Å²) in [6, 6.07) is 10.6. The summed E-state index contributed by atoms with van der Waals surface area (Å²) in [7, 11) is 1.57. The third-order valence-corrected chi connectivity index (χ3v) is 3.80. The molecule has 0 unspecified atom stereocenters. The monoisotopic (exact) mass is 341 g/mol. The first-order valence-corrected chi connectivity index (χ1v) is 7.22. The van der Waals surface area contributed by atoms with Gasteiger partial charge in [0, 0.05) is 5.56 Å². The highest BCUT2D eigenvalue weighted by molar-refractivity contribution is 7.80. The van der Waals surface area contributed by atoms with Crippen molar-refractivity contribution < 1.29 is 9.47 Å². The predicted molar refractivity (Wildman–Crippen MR) is 89.7 cm³/mol. The van der Waals surface area contributed by atoms with E-state index in [4.69, 9.17) is 50.6 Å². The molecule has 0 spiro atoms. The van der Waals surface area contributed by atoms with Gasteiger partial charge in [-0.1, -0.05) is 41.5 Å². The van der Waals surface area contributed by atoms with Crippen LogP contribution in [0.15, 0.2) is 36.4 Å². The number of methoxy groups -OCH3 is 1. The van der Waals surface area contributed by atoms with Crippen LogP contribution < -0.4 is 15.2 Å². The Morgan fingerprint density at radius 3 is 2.48 bits per heavy atom. The molecule has 0 aliphatic rings. The lowest BCUT2D eigenvalue weighted by atomic mass is 10.2. The Bertz CT molecular complexity index is 677. The number of nitrogens with two attached hydrogens (primary N) is 1. The van der Waals surface area contributed by atoms with E-state index in [1.54, 1.807) is 37.4 Å². The average molecular weight is 342 g/mol. The molecule has 3 nitrogen and oxygen atoms in total. The number of rotatable bonds is 5. The molecule has 0 radical (unpaired) electrons. The predicted octanol–water partition coefficient (Wildman–Crippen LogP) is 4.22. The van der Waals surface area contributed by atoms with Crippen LogP contribution in [0.25, 0.3) is 0 Å². The van der Waals surface area contributed by atoms with Gasteiger partial charge >= 0.3 is 0 Å². The Labute approximate surface area is 138 Å². The average Bonchev–Trinajstić information content (AvgIpc) is 2.48. The van der Waals surface area contributed by atoms with E-state index in [-0.39, 0.29) is 0 Å². The molecule has 0 aliphatic carbocycles. The normalized spacial score (nSPS) is 10.2. The molecule has 2 aromatic rings. The highest BCUT2D eigenvalue weighted by atomic mass is 35.5. The Balaban J connectivity index is 2.19. The maximum atomic E-state index is 5.98. The van der Waals surface area contributed by atoms with Crippen molar-refractivity contribution in [2.45, 2.75) is 6.61 Å². The lowest BCUT2D eigenvalue weighted by Gasteiger charge is -2.12. The zero-order chi connectivity index (χ0) is 15.4. The van der Waals surface area contributed by atoms with Gasteiger partial charge in [0.2, 0.25) is 0 Å². The van der Waals surface area contributed by atoms with E-state index < -0.39 is 0 Å². The smallest absolute Gasteiger partial charge is 0.162 e. The Kier molecular flexibility index (Phi) is 5.28.